The maximum absolute atomic E-state index is 10.8. The van der Waals surface area contributed by atoms with E-state index in [4.69, 9.17) is 14.6 Å². The van der Waals surface area contributed by atoms with Crippen LogP contribution in [0.2, 0.25) is 0 Å². The Hall–Kier alpha value is -1.73. The summed E-state index contributed by atoms with van der Waals surface area (Å²) in [6.07, 6.45) is 0.812. The first-order valence-electron chi connectivity index (χ1n) is 4.90. The second-order valence-corrected chi connectivity index (χ2v) is 3.35. The van der Waals surface area contributed by atoms with Gasteiger partial charge in [-0.3, -0.25) is 0 Å². The lowest BCUT2D eigenvalue weighted by Crippen LogP contribution is -2.32. The molecule has 0 atom stereocenters. The predicted octanol–water partition coefficient (Wildman–Crippen LogP) is 0.230. The quantitative estimate of drug-likeness (QED) is 0.713. The molecule has 94 valence electrons. The molecule has 7 heteroatoms. The van der Waals surface area contributed by atoms with Gasteiger partial charge in [-0.15, -0.1) is 0 Å². The highest BCUT2D eigenvalue weighted by Crippen LogP contribution is 2.10. The maximum atomic E-state index is 10.8. The van der Waals surface area contributed by atoms with Crippen LogP contribution in [0.5, 0.6) is 0 Å². The maximum Gasteiger partial charge on any atom is 0.354 e. The third kappa shape index (κ3) is 3.65. The summed E-state index contributed by atoms with van der Waals surface area (Å²) in [6.45, 7) is 0.434. The number of aromatic nitrogens is 2. The van der Waals surface area contributed by atoms with Crippen LogP contribution in [0, 0.1) is 0 Å². The van der Waals surface area contributed by atoms with Crippen LogP contribution in [-0.2, 0) is 9.47 Å². The number of methoxy groups -OCH3 is 2. The van der Waals surface area contributed by atoms with Crippen molar-refractivity contribution in [3.63, 3.8) is 0 Å². The molecule has 0 aromatic carbocycles. The van der Waals surface area contributed by atoms with Gasteiger partial charge in [-0.1, -0.05) is 0 Å². The smallest absolute Gasteiger partial charge is 0.354 e. The molecule has 0 spiro atoms. The van der Waals surface area contributed by atoms with Crippen LogP contribution in [0.25, 0.3) is 0 Å². The van der Waals surface area contributed by atoms with Crippen LogP contribution >= 0.6 is 0 Å². The fraction of sp³-hybridized carbons (Fsp3) is 0.500. The fourth-order valence-corrected chi connectivity index (χ4v) is 1.24. The lowest BCUT2D eigenvalue weighted by Gasteiger charge is -2.22. The van der Waals surface area contributed by atoms with E-state index in [0.717, 1.165) is 0 Å². The molecule has 1 aromatic heterocycles. The Kier molecular flexibility index (Phi) is 4.80. The van der Waals surface area contributed by atoms with E-state index in [1.807, 2.05) is 0 Å². The van der Waals surface area contributed by atoms with Crippen molar-refractivity contribution in [1.29, 1.82) is 0 Å². The second-order valence-electron chi connectivity index (χ2n) is 3.35. The van der Waals surface area contributed by atoms with Crippen molar-refractivity contribution in [2.45, 2.75) is 6.29 Å². The minimum Gasteiger partial charge on any atom is -0.477 e. The average Bonchev–Trinajstić information content (AvgIpc) is 2.35. The van der Waals surface area contributed by atoms with Crippen LogP contribution in [-0.4, -0.2) is 55.1 Å². The van der Waals surface area contributed by atoms with Gasteiger partial charge < -0.3 is 19.5 Å². The van der Waals surface area contributed by atoms with Gasteiger partial charge in [0.05, 0.1) is 6.54 Å². The van der Waals surface area contributed by atoms with Crippen molar-refractivity contribution < 1.29 is 19.4 Å². The summed E-state index contributed by atoms with van der Waals surface area (Å²) in [6, 6.07) is 1.39. The van der Waals surface area contributed by atoms with Gasteiger partial charge in [0.15, 0.2) is 12.0 Å². The van der Waals surface area contributed by atoms with Gasteiger partial charge in [-0.05, 0) is 0 Å². The first-order chi connectivity index (χ1) is 8.08. The summed E-state index contributed by atoms with van der Waals surface area (Å²) in [5.41, 5.74) is -0.0479. The van der Waals surface area contributed by atoms with Crippen LogP contribution in [0.15, 0.2) is 12.4 Å². The highest BCUT2D eigenvalue weighted by Gasteiger charge is 2.13. The van der Waals surface area contributed by atoms with Gasteiger partial charge in [-0.25, -0.2) is 14.8 Å². The molecule has 0 bridgehead atoms. The number of rotatable bonds is 6. The van der Waals surface area contributed by atoms with E-state index in [-0.39, 0.29) is 5.69 Å². The zero-order valence-electron chi connectivity index (χ0n) is 9.95. The van der Waals surface area contributed by atoms with Gasteiger partial charge in [0, 0.05) is 27.3 Å². The fourth-order valence-electron chi connectivity index (χ4n) is 1.24. The number of likely N-dealkylation sites (N-methyl/N-ethyl adjacent to an activating group) is 1. The highest BCUT2D eigenvalue weighted by atomic mass is 16.7. The molecule has 1 rings (SSSR count). The minimum atomic E-state index is -1.09. The van der Waals surface area contributed by atoms with Crippen molar-refractivity contribution in [2.75, 3.05) is 32.7 Å². The van der Waals surface area contributed by atoms with E-state index in [2.05, 4.69) is 9.97 Å². The Labute approximate surface area is 99.0 Å². The van der Waals surface area contributed by atoms with E-state index in [0.29, 0.717) is 12.4 Å². The van der Waals surface area contributed by atoms with Crippen molar-refractivity contribution in [3.05, 3.63) is 18.1 Å². The van der Waals surface area contributed by atoms with Crippen molar-refractivity contribution >= 4 is 11.8 Å². The van der Waals surface area contributed by atoms with E-state index in [9.17, 15) is 4.79 Å². The number of carbonyl (C=O) groups is 1. The number of hydrogen-bond acceptors (Lipinski definition) is 6. The molecule has 1 N–H and O–H groups in total. The van der Waals surface area contributed by atoms with E-state index in [1.54, 1.807) is 11.9 Å². The van der Waals surface area contributed by atoms with Crippen LogP contribution < -0.4 is 4.90 Å². The number of anilines is 1. The Bertz CT molecular complexity index is 382. The number of aromatic carboxylic acids is 1. The third-order valence-corrected chi connectivity index (χ3v) is 2.21. The molecule has 0 fully saturated rings. The molecule has 1 heterocycles. The summed E-state index contributed by atoms with van der Waals surface area (Å²) in [4.78, 5) is 20.1. The molecule has 0 aliphatic carbocycles. The SMILES string of the molecule is COC(CN(C)c1cc(C(=O)O)ncn1)OC. The molecule has 0 saturated heterocycles. The molecule has 0 saturated carbocycles. The molecular weight excluding hydrogens is 226 g/mol. The summed E-state index contributed by atoms with van der Waals surface area (Å²) < 4.78 is 10.1. The summed E-state index contributed by atoms with van der Waals surface area (Å²) in [5.74, 6) is -0.589. The van der Waals surface area contributed by atoms with Crippen molar-refractivity contribution in [2.24, 2.45) is 0 Å². The van der Waals surface area contributed by atoms with Crippen LogP contribution in [0.3, 0.4) is 0 Å². The average molecular weight is 241 g/mol. The van der Waals surface area contributed by atoms with Crippen LogP contribution in [0.4, 0.5) is 5.82 Å². The topological polar surface area (TPSA) is 84.8 Å². The molecule has 1 aromatic rings. The minimum absolute atomic E-state index is 0.0479. The van der Waals surface area contributed by atoms with Gasteiger partial charge in [0.25, 0.3) is 0 Å². The van der Waals surface area contributed by atoms with Gasteiger partial charge >= 0.3 is 5.97 Å². The lowest BCUT2D eigenvalue weighted by atomic mass is 10.3. The first-order valence-corrected chi connectivity index (χ1v) is 4.90. The van der Waals surface area contributed by atoms with Gasteiger partial charge in [0.2, 0.25) is 0 Å². The normalized spacial score (nSPS) is 10.6. The lowest BCUT2D eigenvalue weighted by molar-refractivity contribution is -0.0944. The molecule has 0 aliphatic heterocycles. The second kappa shape index (κ2) is 6.12. The number of ether oxygens (including phenoxy) is 2. The third-order valence-electron chi connectivity index (χ3n) is 2.21. The standard InChI is InChI=1S/C10H15N3O4/c1-13(5-9(16-2)17-3)8-4-7(10(14)15)11-6-12-8/h4,6,9H,5H2,1-3H3,(H,14,15). The Morgan fingerprint density at radius 1 is 1.47 bits per heavy atom. The Morgan fingerprint density at radius 2 is 2.12 bits per heavy atom. The van der Waals surface area contributed by atoms with Crippen molar-refractivity contribution in [3.8, 4) is 0 Å². The molecule has 0 aliphatic rings. The van der Waals surface area contributed by atoms with Gasteiger partial charge in [-0.2, -0.15) is 0 Å². The molecule has 17 heavy (non-hydrogen) atoms. The molecule has 0 amide bonds. The molecule has 0 radical (unpaired) electrons. The Balaban J connectivity index is 2.78. The molecule has 7 nitrogen and oxygen atoms in total. The number of carboxylic acids is 1. The van der Waals surface area contributed by atoms with Crippen LogP contribution in [0.1, 0.15) is 10.5 Å². The number of nitrogens with zero attached hydrogens (tertiary/aromatic N) is 3. The number of carboxylic acid groups (broad SMARTS) is 1. The highest BCUT2D eigenvalue weighted by molar-refractivity contribution is 5.86. The summed E-state index contributed by atoms with van der Waals surface area (Å²) in [7, 11) is 4.83. The first kappa shape index (κ1) is 13.3. The summed E-state index contributed by atoms with van der Waals surface area (Å²) in [5, 5.41) is 8.81. The number of hydrogen-bond donors (Lipinski definition) is 1. The van der Waals surface area contributed by atoms with Crippen molar-refractivity contribution in [1.82, 2.24) is 9.97 Å². The Morgan fingerprint density at radius 3 is 2.65 bits per heavy atom. The zero-order chi connectivity index (χ0) is 12.8. The largest absolute Gasteiger partial charge is 0.477 e. The van der Waals surface area contributed by atoms with Gasteiger partial charge in [0.1, 0.15) is 12.1 Å². The predicted molar refractivity (Wildman–Crippen MR) is 60.1 cm³/mol. The van der Waals surface area contributed by atoms with E-state index in [1.165, 1.54) is 26.6 Å². The molecule has 0 unspecified atom stereocenters. The monoisotopic (exact) mass is 241 g/mol. The van der Waals surface area contributed by atoms with E-state index < -0.39 is 12.3 Å². The molecular formula is C10H15N3O4. The van der Waals surface area contributed by atoms with E-state index >= 15 is 0 Å². The zero-order valence-corrected chi connectivity index (χ0v) is 9.95. The summed E-state index contributed by atoms with van der Waals surface area (Å²) >= 11 is 0.